The summed E-state index contributed by atoms with van der Waals surface area (Å²) in [7, 11) is 3.88. The van der Waals surface area contributed by atoms with Gasteiger partial charge in [0.15, 0.2) is 0 Å². The van der Waals surface area contributed by atoms with Crippen molar-refractivity contribution >= 4 is 11.7 Å². The zero-order valence-electron chi connectivity index (χ0n) is 10.2. The molecule has 0 spiro atoms. The molecule has 1 aromatic rings. The lowest BCUT2D eigenvalue weighted by atomic mass is 10.1. The van der Waals surface area contributed by atoms with Crippen LogP contribution >= 0.6 is 0 Å². The quantitative estimate of drug-likeness (QED) is 0.825. The first-order valence-corrected chi connectivity index (χ1v) is 5.35. The third-order valence-corrected chi connectivity index (χ3v) is 2.68. The van der Waals surface area contributed by atoms with Gasteiger partial charge in [-0.05, 0) is 39.2 Å². The van der Waals surface area contributed by atoms with E-state index in [2.05, 4.69) is 5.32 Å². The van der Waals surface area contributed by atoms with Gasteiger partial charge in [0, 0.05) is 18.3 Å². The van der Waals surface area contributed by atoms with Crippen molar-refractivity contribution in [1.82, 2.24) is 4.90 Å². The predicted molar refractivity (Wildman–Crippen MR) is 65.0 cm³/mol. The summed E-state index contributed by atoms with van der Waals surface area (Å²) in [6.45, 7) is 2.61. The maximum absolute atomic E-state index is 12.9. The number of nitrogens with one attached hydrogen (secondary N) is 1. The Kier molecular flexibility index (Phi) is 4.45. The number of anilines is 1. The molecular formula is C12H17FN2O2. The second-order valence-corrected chi connectivity index (χ2v) is 4.19. The van der Waals surface area contributed by atoms with Gasteiger partial charge in [0.1, 0.15) is 5.82 Å². The summed E-state index contributed by atoms with van der Waals surface area (Å²) < 4.78 is 12.9. The number of rotatable bonds is 5. The minimum Gasteiger partial charge on any atom is -0.478 e. The van der Waals surface area contributed by atoms with Crippen molar-refractivity contribution in [2.24, 2.45) is 0 Å². The van der Waals surface area contributed by atoms with Crippen molar-refractivity contribution in [3.8, 4) is 0 Å². The second-order valence-electron chi connectivity index (χ2n) is 4.19. The van der Waals surface area contributed by atoms with Crippen molar-refractivity contribution < 1.29 is 14.3 Å². The van der Waals surface area contributed by atoms with E-state index >= 15 is 0 Å². The minimum absolute atomic E-state index is 0.0454. The van der Waals surface area contributed by atoms with Gasteiger partial charge < -0.3 is 15.3 Å². The summed E-state index contributed by atoms with van der Waals surface area (Å²) in [5.41, 5.74) is 0.392. The molecule has 0 amide bonds. The topological polar surface area (TPSA) is 52.6 Å². The van der Waals surface area contributed by atoms with E-state index in [1.165, 1.54) is 12.1 Å². The van der Waals surface area contributed by atoms with E-state index in [9.17, 15) is 9.18 Å². The Morgan fingerprint density at radius 1 is 1.53 bits per heavy atom. The van der Waals surface area contributed by atoms with E-state index in [1.54, 1.807) is 0 Å². The number of benzene rings is 1. The Morgan fingerprint density at radius 3 is 2.71 bits per heavy atom. The van der Waals surface area contributed by atoms with Crippen LogP contribution in [0.1, 0.15) is 17.3 Å². The first kappa shape index (κ1) is 13.4. The highest BCUT2D eigenvalue weighted by atomic mass is 19.1. The highest BCUT2D eigenvalue weighted by Crippen LogP contribution is 2.17. The summed E-state index contributed by atoms with van der Waals surface area (Å²) in [5, 5.41) is 12.0. The van der Waals surface area contributed by atoms with E-state index in [0.717, 1.165) is 6.07 Å². The molecule has 0 saturated carbocycles. The van der Waals surface area contributed by atoms with Crippen molar-refractivity contribution in [2.75, 3.05) is 26.0 Å². The predicted octanol–water partition coefficient (Wildman–Crippen LogP) is 1.89. The molecule has 0 radical (unpaired) electrons. The van der Waals surface area contributed by atoms with Crippen LogP contribution in [0.2, 0.25) is 0 Å². The second kappa shape index (κ2) is 5.63. The molecule has 0 fully saturated rings. The van der Waals surface area contributed by atoms with Crippen LogP contribution in [0.3, 0.4) is 0 Å². The molecule has 0 aliphatic heterocycles. The summed E-state index contributed by atoms with van der Waals surface area (Å²) in [5.74, 6) is -1.68. The average Bonchev–Trinajstić information content (AvgIpc) is 2.26. The third-order valence-electron chi connectivity index (χ3n) is 2.68. The Hall–Kier alpha value is -1.62. The number of hydrogen-bond donors (Lipinski definition) is 2. The van der Waals surface area contributed by atoms with Crippen LogP contribution < -0.4 is 5.32 Å². The fraction of sp³-hybridized carbons (Fsp3) is 0.417. The normalized spacial score (nSPS) is 12.5. The van der Waals surface area contributed by atoms with Crippen LogP contribution in [0.15, 0.2) is 18.2 Å². The lowest BCUT2D eigenvalue weighted by Gasteiger charge is -2.21. The molecule has 1 atom stereocenters. The molecule has 0 heterocycles. The van der Waals surface area contributed by atoms with Gasteiger partial charge in [-0.15, -0.1) is 0 Å². The van der Waals surface area contributed by atoms with Gasteiger partial charge >= 0.3 is 5.97 Å². The fourth-order valence-electron chi connectivity index (χ4n) is 1.29. The summed E-state index contributed by atoms with van der Waals surface area (Å²) >= 11 is 0. The average molecular weight is 240 g/mol. The Morgan fingerprint density at radius 2 is 2.18 bits per heavy atom. The first-order chi connectivity index (χ1) is 7.91. The molecule has 5 heteroatoms. The molecule has 94 valence electrons. The molecule has 0 bridgehead atoms. The van der Waals surface area contributed by atoms with Gasteiger partial charge in [-0.1, -0.05) is 0 Å². The van der Waals surface area contributed by atoms with Gasteiger partial charge in [0.05, 0.1) is 5.56 Å². The van der Waals surface area contributed by atoms with Crippen LogP contribution in [0, 0.1) is 5.82 Å². The fourth-order valence-corrected chi connectivity index (χ4v) is 1.29. The third kappa shape index (κ3) is 3.71. The van der Waals surface area contributed by atoms with Gasteiger partial charge in [0.25, 0.3) is 0 Å². The first-order valence-electron chi connectivity index (χ1n) is 5.35. The number of aromatic carboxylic acids is 1. The van der Waals surface area contributed by atoms with Crippen LogP contribution in [0.5, 0.6) is 0 Å². The lowest BCUT2D eigenvalue weighted by molar-refractivity contribution is 0.0697. The van der Waals surface area contributed by atoms with E-state index in [1.807, 2.05) is 25.9 Å². The number of halogens is 1. The van der Waals surface area contributed by atoms with Gasteiger partial charge in [-0.2, -0.15) is 0 Å². The van der Waals surface area contributed by atoms with Crippen LogP contribution in [-0.2, 0) is 0 Å². The Bertz CT molecular complexity index is 407. The maximum Gasteiger partial charge on any atom is 0.337 e. The molecule has 1 aromatic carbocycles. The molecule has 17 heavy (non-hydrogen) atoms. The largest absolute Gasteiger partial charge is 0.478 e. The molecular weight excluding hydrogens is 223 g/mol. The van der Waals surface area contributed by atoms with Crippen LogP contribution in [-0.4, -0.2) is 42.7 Å². The van der Waals surface area contributed by atoms with Crippen molar-refractivity contribution in [3.63, 3.8) is 0 Å². The van der Waals surface area contributed by atoms with E-state index in [-0.39, 0.29) is 11.6 Å². The zero-order chi connectivity index (χ0) is 13.0. The van der Waals surface area contributed by atoms with E-state index in [0.29, 0.717) is 12.2 Å². The summed E-state index contributed by atoms with van der Waals surface area (Å²) in [6, 6.07) is 3.96. The molecule has 0 aliphatic carbocycles. The van der Waals surface area contributed by atoms with Gasteiger partial charge in [0.2, 0.25) is 0 Å². The van der Waals surface area contributed by atoms with Crippen LogP contribution in [0.25, 0.3) is 0 Å². The number of hydrogen-bond acceptors (Lipinski definition) is 3. The standard InChI is InChI=1S/C12H17FN2O2/c1-8(15(2)3)7-14-11-5-4-9(13)6-10(11)12(16)17/h4-6,8,14H,7H2,1-3H3,(H,16,17). The molecule has 0 aliphatic rings. The number of carboxylic acids is 1. The minimum atomic E-state index is -1.13. The molecule has 4 nitrogen and oxygen atoms in total. The monoisotopic (exact) mass is 240 g/mol. The highest BCUT2D eigenvalue weighted by molar-refractivity contribution is 5.94. The molecule has 0 aromatic heterocycles. The van der Waals surface area contributed by atoms with Crippen LogP contribution in [0.4, 0.5) is 10.1 Å². The maximum atomic E-state index is 12.9. The SMILES string of the molecule is CC(CNc1ccc(F)cc1C(=O)O)N(C)C. The van der Waals surface area contributed by atoms with E-state index < -0.39 is 11.8 Å². The number of carboxylic acid groups (broad SMARTS) is 1. The van der Waals surface area contributed by atoms with E-state index in [4.69, 9.17) is 5.11 Å². The van der Waals surface area contributed by atoms with Gasteiger partial charge in [-0.3, -0.25) is 0 Å². The molecule has 0 saturated heterocycles. The lowest BCUT2D eigenvalue weighted by Crippen LogP contribution is -2.31. The zero-order valence-corrected chi connectivity index (χ0v) is 10.2. The smallest absolute Gasteiger partial charge is 0.337 e. The number of nitrogens with zero attached hydrogens (tertiary/aromatic N) is 1. The number of carbonyl (C=O) groups is 1. The number of likely N-dealkylation sites (N-methyl/N-ethyl adjacent to an activating group) is 1. The van der Waals surface area contributed by atoms with Crippen molar-refractivity contribution in [2.45, 2.75) is 13.0 Å². The molecule has 1 rings (SSSR count). The molecule has 2 N–H and O–H groups in total. The summed E-state index contributed by atoms with van der Waals surface area (Å²) in [4.78, 5) is 12.9. The van der Waals surface area contributed by atoms with Gasteiger partial charge in [-0.25, -0.2) is 9.18 Å². The summed E-state index contributed by atoms with van der Waals surface area (Å²) in [6.07, 6.45) is 0. The van der Waals surface area contributed by atoms with Crippen molar-refractivity contribution in [3.05, 3.63) is 29.6 Å². The highest BCUT2D eigenvalue weighted by Gasteiger charge is 2.12. The Labute approximate surface area is 100 Å². The Balaban J connectivity index is 2.80. The molecule has 1 unspecified atom stereocenters. The van der Waals surface area contributed by atoms with Crippen molar-refractivity contribution in [1.29, 1.82) is 0 Å².